The summed E-state index contributed by atoms with van der Waals surface area (Å²) in [4.78, 5) is 34.4. The predicted octanol–water partition coefficient (Wildman–Crippen LogP) is 2.96. The van der Waals surface area contributed by atoms with Crippen LogP contribution in [0.25, 0.3) is 6.08 Å². The van der Waals surface area contributed by atoms with Crippen molar-refractivity contribution in [1.82, 2.24) is 0 Å². The van der Waals surface area contributed by atoms with Crippen LogP contribution in [0.2, 0.25) is 0 Å². The van der Waals surface area contributed by atoms with Crippen LogP contribution < -0.4 is 14.8 Å². The molecule has 0 aliphatic carbocycles. The highest BCUT2D eigenvalue weighted by atomic mass is 32.2. The molecule has 27 heavy (non-hydrogen) atoms. The molecule has 0 spiro atoms. The number of carbonyl (C=O) groups is 2. The van der Waals surface area contributed by atoms with Crippen LogP contribution in [0.3, 0.4) is 0 Å². The molecule has 0 radical (unpaired) electrons. The third-order valence-corrected chi connectivity index (χ3v) is 4.63. The Morgan fingerprint density at radius 1 is 1.22 bits per heavy atom. The van der Waals surface area contributed by atoms with Crippen molar-refractivity contribution < 1.29 is 24.0 Å². The van der Waals surface area contributed by atoms with Gasteiger partial charge in [-0.2, -0.15) is 0 Å². The van der Waals surface area contributed by atoms with Crippen LogP contribution >= 0.6 is 11.8 Å². The molecule has 0 bridgehead atoms. The fourth-order valence-corrected chi connectivity index (χ4v) is 3.29. The van der Waals surface area contributed by atoms with E-state index in [9.17, 15) is 19.7 Å². The number of benzene rings is 2. The molecule has 0 aromatic heterocycles. The molecule has 1 heterocycles. The molecule has 1 aliphatic rings. The van der Waals surface area contributed by atoms with Gasteiger partial charge >= 0.3 is 5.97 Å². The zero-order valence-electron chi connectivity index (χ0n) is 14.1. The van der Waals surface area contributed by atoms with Gasteiger partial charge in [0.05, 0.1) is 17.7 Å². The molecule has 138 valence electrons. The summed E-state index contributed by atoms with van der Waals surface area (Å²) < 4.78 is 10.1. The zero-order valence-corrected chi connectivity index (χ0v) is 14.9. The lowest BCUT2D eigenvalue weighted by molar-refractivity contribution is -0.469. The fourth-order valence-electron chi connectivity index (χ4n) is 2.31. The summed E-state index contributed by atoms with van der Waals surface area (Å²) in [6.07, 6.45) is 1.70. The molecule has 0 atom stereocenters. The largest absolute Gasteiger partial charge is 0.497 e. The third-order valence-electron chi connectivity index (χ3n) is 3.55. The summed E-state index contributed by atoms with van der Waals surface area (Å²) in [6, 6.07) is 11.7. The van der Waals surface area contributed by atoms with Crippen LogP contribution in [0.4, 0.5) is 5.69 Å². The van der Waals surface area contributed by atoms with Crippen molar-refractivity contribution in [3.63, 3.8) is 0 Å². The minimum Gasteiger partial charge on any atom is -0.497 e. The van der Waals surface area contributed by atoms with Crippen molar-refractivity contribution in [3.05, 3.63) is 63.0 Å². The highest BCUT2D eigenvalue weighted by molar-refractivity contribution is 8.04. The van der Waals surface area contributed by atoms with Gasteiger partial charge in [0.1, 0.15) is 11.5 Å². The van der Waals surface area contributed by atoms with Crippen LogP contribution in [0.1, 0.15) is 5.56 Å². The number of carbonyl (C=O) groups excluding carboxylic acids is 2. The zero-order chi connectivity index (χ0) is 19.4. The standard InChI is InChI=1S/C18H14N2O6S/c1-25-13-6-7-14-15(9-13)27-16(18(22)19-14)8-11-2-4-12(5-3-11)26-17(21)10-20(23)24/h2-9H,10H2,1H3,(H,19,22)/b16-8-. The number of fused-ring (bicyclic) bond motifs is 1. The second-order valence-electron chi connectivity index (χ2n) is 5.46. The Morgan fingerprint density at radius 2 is 1.93 bits per heavy atom. The van der Waals surface area contributed by atoms with E-state index < -0.39 is 17.4 Å². The molecule has 2 aromatic carbocycles. The number of nitro groups is 1. The highest BCUT2D eigenvalue weighted by Gasteiger charge is 2.21. The second kappa shape index (κ2) is 7.92. The van der Waals surface area contributed by atoms with E-state index in [1.54, 1.807) is 37.5 Å². The Morgan fingerprint density at radius 3 is 2.59 bits per heavy atom. The maximum absolute atomic E-state index is 12.3. The van der Waals surface area contributed by atoms with Crippen molar-refractivity contribution in [1.29, 1.82) is 0 Å². The molecule has 1 N–H and O–H groups in total. The van der Waals surface area contributed by atoms with E-state index in [4.69, 9.17) is 9.47 Å². The summed E-state index contributed by atoms with van der Waals surface area (Å²) in [5, 5.41) is 13.1. The Balaban J connectivity index is 1.75. The molecule has 0 saturated carbocycles. The van der Waals surface area contributed by atoms with E-state index in [-0.39, 0.29) is 11.7 Å². The minimum atomic E-state index is -0.945. The maximum Gasteiger partial charge on any atom is 0.383 e. The molecule has 3 rings (SSSR count). The Hall–Kier alpha value is -3.33. The summed E-state index contributed by atoms with van der Waals surface area (Å²) in [6.45, 7) is -0.897. The van der Waals surface area contributed by atoms with E-state index in [1.165, 1.54) is 23.9 Å². The molecule has 1 aliphatic heterocycles. The van der Waals surface area contributed by atoms with Gasteiger partial charge in [0.15, 0.2) is 0 Å². The number of hydrogen-bond donors (Lipinski definition) is 1. The monoisotopic (exact) mass is 386 g/mol. The molecule has 0 fully saturated rings. The number of nitrogens with one attached hydrogen (secondary N) is 1. The summed E-state index contributed by atoms with van der Waals surface area (Å²) in [5.74, 6) is -0.282. The second-order valence-corrected chi connectivity index (χ2v) is 6.54. The Bertz CT molecular complexity index is 939. The Labute approximate surface area is 158 Å². The first-order chi connectivity index (χ1) is 12.9. The Kier molecular flexibility index (Phi) is 5.41. The van der Waals surface area contributed by atoms with E-state index >= 15 is 0 Å². The molecule has 8 nitrogen and oxygen atoms in total. The van der Waals surface area contributed by atoms with Crippen molar-refractivity contribution >= 4 is 35.4 Å². The van der Waals surface area contributed by atoms with Gasteiger partial charge in [-0.05, 0) is 42.0 Å². The molecule has 0 saturated heterocycles. The number of anilines is 1. The van der Waals surface area contributed by atoms with Gasteiger partial charge in [-0.15, -0.1) is 0 Å². The van der Waals surface area contributed by atoms with Crippen LogP contribution in [-0.4, -0.2) is 30.5 Å². The third kappa shape index (κ3) is 4.64. The smallest absolute Gasteiger partial charge is 0.383 e. The fraction of sp³-hybridized carbons (Fsp3) is 0.111. The van der Waals surface area contributed by atoms with Gasteiger partial charge in [0.25, 0.3) is 12.5 Å². The van der Waals surface area contributed by atoms with E-state index in [1.807, 2.05) is 6.07 Å². The normalized spacial score (nSPS) is 14.3. The number of methoxy groups -OCH3 is 1. The van der Waals surface area contributed by atoms with Crippen molar-refractivity contribution in [2.75, 3.05) is 19.0 Å². The highest BCUT2D eigenvalue weighted by Crippen LogP contribution is 2.40. The van der Waals surface area contributed by atoms with Crippen LogP contribution in [-0.2, 0) is 9.59 Å². The first kappa shape index (κ1) is 18.5. The summed E-state index contributed by atoms with van der Waals surface area (Å²) >= 11 is 1.32. The summed E-state index contributed by atoms with van der Waals surface area (Å²) in [5.41, 5.74) is 1.43. The number of thioether (sulfide) groups is 1. The van der Waals surface area contributed by atoms with Gasteiger partial charge in [0.2, 0.25) is 0 Å². The number of hydrogen-bond acceptors (Lipinski definition) is 7. The molecule has 0 unspecified atom stereocenters. The van der Waals surface area contributed by atoms with Gasteiger partial charge in [0, 0.05) is 9.82 Å². The van der Waals surface area contributed by atoms with Gasteiger partial charge < -0.3 is 14.8 Å². The van der Waals surface area contributed by atoms with Gasteiger partial charge in [-0.25, -0.2) is 4.79 Å². The molecule has 1 amide bonds. The number of rotatable bonds is 5. The minimum absolute atomic E-state index is 0.194. The quantitative estimate of drug-likeness (QED) is 0.277. The lowest BCUT2D eigenvalue weighted by Crippen LogP contribution is -2.19. The summed E-state index contributed by atoms with van der Waals surface area (Å²) in [7, 11) is 1.57. The first-order valence-corrected chi connectivity index (χ1v) is 8.58. The molecular weight excluding hydrogens is 372 g/mol. The SMILES string of the molecule is COc1ccc2c(c1)S/C(=C\c1ccc(OC(=O)C[N+](=O)[O-])cc1)C(=O)N2. The number of nitrogens with zero attached hydrogens (tertiary/aromatic N) is 1. The lowest BCUT2D eigenvalue weighted by atomic mass is 10.2. The van der Waals surface area contributed by atoms with Crippen LogP contribution in [0.5, 0.6) is 11.5 Å². The van der Waals surface area contributed by atoms with E-state index in [0.29, 0.717) is 16.2 Å². The van der Waals surface area contributed by atoms with Gasteiger partial charge in [-0.1, -0.05) is 23.9 Å². The lowest BCUT2D eigenvalue weighted by Gasteiger charge is -2.19. The van der Waals surface area contributed by atoms with Crippen molar-refractivity contribution in [2.45, 2.75) is 4.90 Å². The van der Waals surface area contributed by atoms with Crippen LogP contribution in [0, 0.1) is 10.1 Å². The molecular formula is C18H14N2O6S. The average Bonchev–Trinajstić information content (AvgIpc) is 2.63. The van der Waals surface area contributed by atoms with Crippen LogP contribution in [0.15, 0.2) is 52.3 Å². The maximum atomic E-state index is 12.3. The van der Waals surface area contributed by atoms with E-state index in [0.717, 1.165) is 10.6 Å². The first-order valence-electron chi connectivity index (χ1n) is 7.76. The number of esters is 1. The van der Waals surface area contributed by atoms with Crippen molar-refractivity contribution in [3.8, 4) is 11.5 Å². The number of amides is 1. The average molecular weight is 386 g/mol. The molecule has 9 heteroatoms. The topological polar surface area (TPSA) is 108 Å². The number of ether oxygens (including phenoxy) is 2. The van der Waals surface area contributed by atoms with Gasteiger partial charge in [-0.3, -0.25) is 14.9 Å². The van der Waals surface area contributed by atoms with E-state index in [2.05, 4.69) is 5.32 Å². The predicted molar refractivity (Wildman–Crippen MR) is 99.4 cm³/mol. The molecule has 2 aromatic rings. The van der Waals surface area contributed by atoms with Crippen molar-refractivity contribution in [2.24, 2.45) is 0 Å².